The lowest BCUT2D eigenvalue weighted by Crippen LogP contribution is -2.39. The minimum absolute atomic E-state index is 0.0369. The molecular formula is C21H22F2N4OS. The molecule has 1 aliphatic heterocycles. The molecule has 5 rings (SSSR count). The van der Waals surface area contributed by atoms with Crippen molar-refractivity contribution in [2.75, 3.05) is 13.1 Å². The van der Waals surface area contributed by atoms with E-state index in [-0.39, 0.29) is 17.5 Å². The Hall–Kier alpha value is -2.35. The van der Waals surface area contributed by atoms with E-state index in [2.05, 4.69) is 16.1 Å². The van der Waals surface area contributed by atoms with E-state index in [1.165, 1.54) is 29.3 Å². The molecular weight excluding hydrogens is 394 g/mol. The van der Waals surface area contributed by atoms with Gasteiger partial charge in [-0.2, -0.15) is 5.10 Å². The van der Waals surface area contributed by atoms with E-state index in [0.717, 1.165) is 30.6 Å². The van der Waals surface area contributed by atoms with Crippen LogP contribution in [0.2, 0.25) is 0 Å². The highest BCUT2D eigenvalue weighted by Gasteiger charge is 2.30. The lowest BCUT2D eigenvalue weighted by atomic mass is 9.93. The zero-order chi connectivity index (χ0) is 20.0. The molecule has 29 heavy (non-hydrogen) atoms. The average molecular weight is 416 g/mol. The van der Waals surface area contributed by atoms with Crippen LogP contribution in [0, 0.1) is 0 Å². The van der Waals surface area contributed by atoms with Crippen molar-refractivity contribution in [2.45, 2.75) is 50.9 Å². The monoisotopic (exact) mass is 416 g/mol. The van der Waals surface area contributed by atoms with Crippen LogP contribution >= 0.6 is 11.3 Å². The van der Waals surface area contributed by atoms with E-state index in [1.807, 2.05) is 4.90 Å². The molecule has 4 heterocycles. The third-order valence-electron chi connectivity index (χ3n) is 5.96. The summed E-state index contributed by atoms with van der Waals surface area (Å²) in [6.07, 6.45) is 5.14. The summed E-state index contributed by atoms with van der Waals surface area (Å²) in [6, 6.07) is 5.16. The molecule has 1 atom stereocenters. The van der Waals surface area contributed by atoms with E-state index >= 15 is 0 Å². The molecule has 5 nitrogen and oxygen atoms in total. The molecule has 1 fully saturated rings. The van der Waals surface area contributed by atoms with Gasteiger partial charge in [-0.1, -0.05) is 0 Å². The van der Waals surface area contributed by atoms with Crippen LogP contribution in [0.15, 0.2) is 24.4 Å². The maximum atomic E-state index is 13.3. The Morgan fingerprint density at radius 1 is 1.21 bits per heavy atom. The van der Waals surface area contributed by atoms with Gasteiger partial charge in [0.1, 0.15) is 5.69 Å². The molecule has 3 aromatic rings. The summed E-state index contributed by atoms with van der Waals surface area (Å²) in [7, 11) is 0. The highest BCUT2D eigenvalue weighted by molar-refractivity contribution is 7.14. The van der Waals surface area contributed by atoms with Gasteiger partial charge in [-0.3, -0.25) is 4.79 Å². The van der Waals surface area contributed by atoms with Gasteiger partial charge in [-0.25, -0.2) is 18.3 Å². The van der Waals surface area contributed by atoms with E-state index in [1.54, 1.807) is 28.1 Å². The van der Waals surface area contributed by atoms with Gasteiger partial charge in [0.05, 0.1) is 16.8 Å². The Morgan fingerprint density at radius 2 is 2.07 bits per heavy atom. The molecule has 1 saturated heterocycles. The van der Waals surface area contributed by atoms with Gasteiger partial charge < -0.3 is 4.90 Å². The highest BCUT2D eigenvalue weighted by atomic mass is 32.1. The number of carbonyl (C=O) groups is 1. The van der Waals surface area contributed by atoms with Crippen LogP contribution in [-0.4, -0.2) is 38.5 Å². The summed E-state index contributed by atoms with van der Waals surface area (Å²) in [6.45, 7) is 1.22. The number of fused-ring (bicyclic) bond motifs is 2. The molecule has 0 saturated carbocycles. The first-order valence-corrected chi connectivity index (χ1v) is 11.0. The Bertz CT molecular complexity index is 1040. The average Bonchev–Trinajstić information content (AvgIpc) is 3.39. The van der Waals surface area contributed by atoms with E-state index < -0.39 is 6.43 Å². The number of aryl methyl sites for hydroxylation is 2. The number of hydrogen-bond acceptors (Lipinski definition) is 4. The largest absolute Gasteiger partial charge is 0.337 e. The van der Waals surface area contributed by atoms with Crippen molar-refractivity contribution < 1.29 is 13.6 Å². The first kappa shape index (κ1) is 18.7. The van der Waals surface area contributed by atoms with Gasteiger partial charge in [0.15, 0.2) is 5.65 Å². The van der Waals surface area contributed by atoms with Crippen molar-refractivity contribution in [3.8, 4) is 0 Å². The lowest BCUT2D eigenvalue weighted by molar-refractivity contribution is 0.0709. The molecule has 0 bridgehead atoms. The van der Waals surface area contributed by atoms with Gasteiger partial charge in [0, 0.05) is 30.0 Å². The molecule has 0 N–H and O–H groups in total. The quantitative estimate of drug-likeness (QED) is 0.626. The predicted octanol–water partition coefficient (Wildman–Crippen LogP) is 4.63. The summed E-state index contributed by atoms with van der Waals surface area (Å²) in [5.74, 6) is 0.0270. The van der Waals surface area contributed by atoms with Crippen LogP contribution in [0.25, 0.3) is 5.65 Å². The van der Waals surface area contributed by atoms with E-state index in [4.69, 9.17) is 0 Å². The molecule has 1 aliphatic carbocycles. The molecule has 0 radical (unpaired) electrons. The highest BCUT2D eigenvalue weighted by Crippen LogP contribution is 2.33. The smallest absolute Gasteiger partial charge is 0.280 e. The standard InChI is InChI=1S/C21H22F2N4OS/c22-20(23)15-11-16(27-19(25-15)7-8-24-27)14-5-3-9-26(12-14)21(28)18-10-13-4-1-2-6-17(13)29-18/h7-8,10-11,14,20H,1-6,9,12H2. The van der Waals surface area contributed by atoms with Crippen LogP contribution in [-0.2, 0) is 12.8 Å². The number of piperidine rings is 1. The second kappa shape index (κ2) is 7.48. The van der Waals surface area contributed by atoms with Crippen molar-refractivity contribution >= 4 is 22.9 Å². The van der Waals surface area contributed by atoms with Gasteiger partial charge in [-0.05, 0) is 56.2 Å². The minimum atomic E-state index is -2.63. The zero-order valence-electron chi connectivity index (χ0n) is 16.0. The summed E-state index contributed by atoms with van der Waals surface area (Å²) < 4.78 is 28.3. The molecule has 152 valence electrons. The number of aromatic nitrogens is 3. The zero-order valence-corrected chi connectivity index (χ0v) is 16.8. The summed E-state index contributed by atoms with van der Waals surface area (Å²) in [4.78, 5) is 21.2. The number of rotatable bonds is 3. The molecule has 0 aromatic carbocycles. The van der Waals surface area contributed by atoms with Crippen molar-refractivity contribution in [3.63, 3.8) is 0 Å². The van der Waals surface area contributed by atoms with Crippen molar-refractivity contribution in [2.24, 2.45) is 0 Å². The Morgan fingerprint density at radius 3 is 2.90 bits per heavy atom. The lowest BCUT2D eigenvalue weighted by Gasteiger charge is -2.33. The van der Waals surface area contributed by atoms with Crippen LogP contribution in [0.4, 0.5) is 8.78 Å². The molecule has 0 spiro atoms. The van der Waals surface area contributed by atoms with Crippen LogP contribution in [0.3, 0.4) is 0 Å². The van der Waals surface area contributed by atoms with Crippen LogP contribution < -0.4 is 0 Å². The molecule has 1 amide bonds. The minimum Gasteiger partial charge on any atom is -0.337 e. The Labute approximate surface area is 171 Å². The molecule has 1 unspecified atom stereocenters. The number of alkyl halides is 2. The Balaban J connectivity index is 1.42. The third kappa shape index (κ3) is 3.43. The topological polar surface area (TPSA) is 50.5 Å². The number of halogens is 2. The summed E-state index contributed by atoms with van der Waals surface area (Å²) in [5, 5.41) is 4.27. The van der Waals surface area contributed by atoms with Gasteiger partial charge >= 0.3 is 0 Å². The van der Waals surface area contributed by atoms with Crippen LogP contribution in [0.5, 0.6) is 0 Å². The molecule has 3 aromatic heterocycles. The van der Waals surface area contributed by atoms with Gasteiger partial charge in [0.25, 0.3) is 12.3 Å². The Kier molecular flexibility index (Phi) is 4.81. The normalized spacial score (nSPS) is 19.7. The fourth-order valence-corrected chi connectivity index (χ4v) is 5.74. The number of likely N-dealkylation sites (tertiary alicyclic amines) is 1. The SMILES string of the molecule is O=C(c1cc2c(s1)CCCC2)N1CCCC(c2cc(C(F)F)nc3ccnn23)C1. The van der Waals surface area contributed by atoms with E-state index in [9.17, 15) is 13.6 Å². The fraction of sp³-hybridized carbons (Fsp3) is 0.476. The number of nitrogens with zero attached hydrogens (tertiary/aromatic N) is 4. The maximum Gasteiger partial charge on any atom is 0.280 e. The fourth-order valence-electron chi connectivity index (χ4n) is 4.51. The van der Waals surface area contributed by atoms with E-state index in [0.29, 0.717) is 24.4 Å². The number of thiophene rings is 1. The summed E-state index contributed by atoms with van der Waals surface area (Å²) >= 11 is 1.63. The second-order valence-corrected chi connectivity index (χ2v) is 9.00. The maximum absolute atomic E-state index is 13.3. The number of carbonyl (C=O) groups excluding carboxylic acids is 1. The predicted molar refractivity (Wildman–Crippen MR) is 107 cm³/mol. The molecule has 2 aliphatic rings. The van der Waals surface area contributed by atoms with Crippen molar-refractivity contribution in [1.29, 1.82) is 0 Å². The van der Waals surface area contributed by atoms with Gasteiger partial charge in [0.2, 0.25) is 0 Å². The summed E-state index contributed by atoms with van der Waals surface area (Å²) in [5.41, 5.74) is 2.22. The third-order valence-corrected chi connectivity index (χ3v) is 7.19. The number of amides is 1. The first-order chi connectivity index (χ1) is 14.1. The van der Waals surface area contributed by atoms with Crippen molar-refractivity contribution in [3.05, 3.63) is 51.1 Å². The number of hydrogen-bond donors (Lipinski definition) is 0. The molecule has 8 heteroatoms. The van der Waals surface area contributed by atoms with Crippen molar-refractivity contribution in [1.82, 2.24) is 19.5 Å². The first-order valence-electron chi connectivity index (χ1n) is 10.1. The van der Waals surface area contributed by atoms with Crippen LogP contribution in [0.1, 0.15) is 69.5 Å². The van der Waals surface area contributed by atoms with Gasteiger partial charge in [-0.15, -0.1) is 11.3 Å². The second-order valence-electron chi connectivity index (χ2n) is 7.86.